The third-order valence-corrected chi connectivity index (χ3v) is 4.09. The second-order valence-electron chi connectivity index (χ2n) is 5.80. The van der Waals surface area contributed by atoms with Crippen molar-refractivity contribution in [3.05, 3.63) is 30.7 Å². The zero-order valence-corrected chi connectivity index (χ0v) is 17.0. The van der Waals surface area contributed by atoms with E-state index in [4.69, 9.17) is 27.0 Å². The largest absolute Gasteiger partial charge is 0.497 e. The van der Waals surface area contributed by atoms with Crippen molar-refractivity contribution >= 4 is 34.5 Å². The molecular formula is C19H24N6O2S. The molecular weight excluding hydrogens is 376 g/mol. The summed E-state index contributed by atoms with van der Waals surface area (Å²) in [6.45, 7) is 3.44. The van der Waals surface area contributed by atoms with Gasteiger partial charge in [-0.1, -0.05) is 6.92 Å². The Morgan fingerprint density at radius 3 is 2.68 bits per heavy atom. The summed E-state index contributed by atoms with van der Waals surface area (Å²) in [5.41, 5.74) is 1.37. The monoisotopic (exact) mass is 400 g/mol. The van der Waals surface area contributed by atoms with Gasteiger partial charge in [0, 0.05) is 19.2 Å². The Hall–Kier alpha value is -3.12. The Morgan fingerprint density at radius 1 is 1.21 bits per heavy atom. The van der Waals surface area contributed by atoms with Gasteiger partial charge in [-0.05, 0) is 30.8 Å². The van der Waals surface area contributed by atoms with Gasteiger partial charge < -0.3 is 25.0 Å². The molecule has 0 spiro atoms. The van der Waals surface area contributed by atoms with Gasteiger partial charge in [-0.3, -0.25) is 0 Å². The standard InChI is InChI=1S/C19H24N6O2S/c1-4-9-25(10-5-8-20)18-16(12-21-13-22-18)24-19(28)23-15-7-6-14(26-2)11-17(15)27-3/h6-7,11-13H,4-5,9-10H2,1-3H3,(H2,23,24,28). The molecule has 1 aromatic carbocycles. The average Bonchev–Trinajstić information content (AvgIpc) is 2.72. The van der Waals surface area contributed by atoms with E-state index in [-0.39, 0.29) is 0 Å². The Kier molecular flexibility index (Phi) is 8.24. The molecule has 0 unspecified atom stereocenters. The number of thiocarbonyl (C=S) groups is 1. The first kappa shape index (κ1) is 21.2. The van der Waals surface area contributed by atoms with Crippen LogP contribution in [0.3, 0.4) is 0 Å². The first-order chi connectivity index (χ1) is 13.6. The third kappa shape index (κ3) is 5.69. The molecule has 0 bridgehead atoms. The number of hydrogen-bond acceptors (Lipinski definition) is 7. The maximum absolute atomic E-state index is 8.92. The van der Waals surface area contributed by atoms with Crippen LogP contribution in [0, 0.1) is 11.3 Å². The normalized spacial score (nSPS) is 9.93. The van der Waals surface area contributed by atoms with Crippen LogP contribution in [0.5, 0.6) is 11.5 Å². The van der Waals surface area contributed by atoms with Gasteiger partial charge in [0.05, 0.1) is 38.6 Å². The van der Waals surface area contributed by atoms with E-state index in [0.29, 0.717) is 46.8 Å². The van der Waals surface area contributed by atoms with Gasteiger partial charge in [0.1, 0.15) is 23.5 Å². The highest BCUT2D eigenvalue weighted by atomic mass is 32.1. The molecule has 0 fully saturated rings. The summed E-state index contributed by atoms with van der Waals surface area (Å²) in [4.78, 5) is 10.5. The highest BCUT2D eigenvalue weighted by molar-refractivity contribution is 7.80. The van der Waals surface area contributed by atoms with E-state index < -0.39 is 0 Å². The van der Waals surface area contributed by atoms with Gasteiger partial charge in [0.25, 0.3) is 0 Å². The average molecular weight is 401 g/mol. The molecule has 0 atom stereocenters. The lowest BCUT2D eigenvalue weighted by atomic mass is 10.2. The smallest absolute Gasteiger partial charge is 0.175 e. The van der Waals surface area contributed by atoms with E-state index >= 15 is 0 Å². The second kappa shape index (κ2) is 10.9. The minimum Gasteiger partial charge on any atom is -0.497 e. The summed E-state index contributed by atoms with van der Waals surface area (Å²) in [5, 5.41) is 15.5. The van der Waals surface area contributed by atoms with Gasteiger partial charge >= 0.3 is 0 Å². The van der Waals surface area contributed by atoms with Crippen molar-refractivity contribution in [2.24, 2.45) is 0 Å². The molecule has 0 aliphatic rings. The lowest BCUT2D eigenvalue weighted by molar-refractivity contribution is 0.395. The van der Waals surface area contributed by atoms with Crippen LogP contribution in [0.2, 0.25) is 0 Å². The summed E-state index contributed by atoms with van der Waals surface area (Å²) in [7, 11) is 3.18. The van der Waals surface area contributed by atoms with Crippen LogP contribution >= 0.6 is 12.2 Å². The molecule has 28 heavy (non-hydrogen) atoms. The number of hydrogen-bond donors (Lipinski definition) is 2. The van der Waals surface area contributed by atoms with Crippen molar-refractivity contribution in [2.75, 3.05) is 42.8 Å². The van der Waals surface area contributed by atoms with Gasteiger partial charge in [-0.15, -0.1) is 0 Å². The third-order valence-electron chi connectivity index (χ3n) is 3.88. The van der Waals surface area contributed by atoms with E-state index in [1.165, 1.54) is 6.33 Å². The Morgan fingerprint density at radius 2 is 2.00 bits per heavy atom. The number of nitrogens with zero attached hydrogens (tertiary/aromatic N) is 4. The summed E-state index contributed by atoms with van der Waals surface area (Å²) < 4.78 is 10.6. The molecule has 2 aromatic rings. The second-order valence-corrected chi connectivity index (χ2v) is 6.21. The van der Waals surface area contributed by atoms with Crippen LogP contribution in [0.25, 0.3) is 0 Å². The SMILES string of the molecule is CCCN(CCC#N)c1ncncc1NC(=S)Nc1ccc(OC)cc1OC. The van der Waals surface area contributed by atoms with Gasteiger partial charge in [0.2, 0.25) is 0 Å². The Labute approximate surface area is 170 Å². The fourth-order valence-corrected chi connectivity index (χ4v) is 2.84. The van der Waals surface area contributed by atoms with Crippen molar-refractivity contribution in [1.82, 2.24) is 9.97 Å². The topological polar surface area (TPSA) is 95.3 Å². The maximum atomic E-state index is 8.92. The van der Waals surface area contributed by atoms with Crippen molar-refractivity contribution < 1.29 is 9.47 Å². The van der Waals surface area contributed by atoms with Gasteiger partial charge in [-0.25, -0.2) is 9.97 Å². The van der Waals surface area contributed by atoms with Crippen LogP contribution in [0.1, 0.15) is 19.8 Å². The molecule has 0 saturated heterocycles. The molecule has 8 nitrogen and oxygen atoms in total. The van der Waals surface area contributed by atoms with E-state index in [1.54, 1.807) is 26.5 Å². The number of nitrogens with one attached hydrogen (secondary N) is 2. The van der Waals surface area contributed by atoms with Crippen molar-refractivity contribution in [2.45, 2.75) is 19.8 Å². The molecule has 0 saturated carbocycles. The van der Waals surface area contributed by atoms with Crippen LogP contribution < -0.4 is 25.0 Å². The van der Waals surface area contributed by atoms with Crippen molar-refractivity contribution in [1.29, 1.82) is 5.26 Å². The molecule has 2 N–H and O–H groups in total. The predicted octanol–water partition coefficient (Wildman–Crippen LogP) is 3.43. The molecule has 1 heterocycles. The van der Waals surface area contributed by atoms with E-state index in [1.807, 2.05) is 17.0 Å². The Balaban J connectivity index is 2.17. The van der Waals surface area contributed by atoms with E-state index in [9.17, 15) is 0 Å². The van der Waals surface area contributed by atoms with Gasteiger partial charge in [0.15, 0.2) is 10.9 Å². The molecule has 2 rings (SSSR count). The quantitative estimate of drug-likeness (QED) is 0.614. The van der Waals surface area contributed by atoms with Crippen molar-refractivity contribution in [3.8, 4) is 17.6 Å². The number of benzene rings is 1. The molecule has 9 heteroatoms. The number of ether oxygens (including phenoxy) is 2. The number of anilines is 3. The molecule has 0 aliphatic heterocycles. The molecule has 0 aliphatic carbocycles. The summed E-state index contributed by atoms with van der Waals surface area (Å²) in [6.07, 6.45) is 4.49. The van der Waals surface area contributed by atoms with Crippen molar-refractivity contribution in [3.63, 3.8) is 0 Å². The fourth-order valence-electron chi connectivity index (χ4n) is 2.62. The minimum absolute atomic E-state index is 0.372. The number of methoxy groups -OCH3 is 2. The summed E-state index contributed by atoms with van der Waals surface area (Å²) in [6, 6.07) is 7.58. The summed E-state index contributed by atoms with van der Waals surface area (Å²) in [5.74, 6) is 2.00. The predicted molar refractivity (Wildman–Crippen MR) is 114 cm³/mol. The van der Waals surface area contributed by atoms with E-state index in [2.05, 4.69) is 33.6 Å². The maximum Gasteiger partial charge on any atom is 0.175 e. The summed E-state index contributed by atoms with van der Waals surface area (Å²) >= 11 is 5.45. The molecule has 0 radical (unpaired) electrons. The molecule has 148 valence electrons. The van der Waals surface area contributed by atoms with E-state index in [0.717, 1.165) is 13.0 Å². The number of aromatic nitrogens is 2. The lowest BCUT2D eigenvalue weighted by Gasteiger charge is -2.24. The highest BCUT2D eigenvalue weighted by Crippen LogP contribution is 2.29. The minimum atomic E-state index is 0.372. The Bertz CT molecular complexity index is 839. The van der Waals surface area contributed by atoms with Crippen LogP contribution in [-0.4, -0.2) is 42.4 Å². The zero-order valence-electron chi connectivity index (χ0n) is 16.2. The molecule has 1 aromatic heterocycles. The van der Waals surface area contributed by atoms with Crippen LogP contribution in [-0.2, 0) is 0 Å². The van der Waals surface area contributed by atoms with Crippen LogP contribution in [0.4, 0.5) is 17.2 Å². The number of rotatable bonds is 9. The fraction of sp³-hybridized carbons (Fsp3) is 0.368. The van der Waals surface area contributed by atoms with Crippen LogP contribution in [0.15, 0.2) is 30.7 Å². The number of nitriles is 1. The first-order valence-corrected chi connectivity index (χ1v) is 9.25. The van der Waals surface area contributed by atoms with Gasteiger partial charge in [-0.2, -0.15) is 5.26 Å². The highest BCUT2D eigenvalue weighted by Gasteiger charge is 2.14. The molecule has 0 amide bonds. The first-order valence-electron chi connectivity index (χ1n) is 8.84. The zero-order chi connectivity index (χ0) is 20.4. The lowest BCUT2D eigenvalue weighted by Crippen LogP contribution is -2.28.